The second-order valence-corrected chi connectivity index (χ2v) is 12.2. The van der Waals surface area contributed by atoms with Crippen molar-refractivity contribution in [2.24, 2.45) is 0 Å². The molecule has 0 bridgehead atoms. The summed E-state index contributed by atoms with van der Waals surface area (Å²) in [6.45, 7) is 1.76. The Kier molecular flexibility index (Phi) is 11.1. The molecule has 1 unspecified atom stereocenters. The van der Waals surface area contributed by atoms with E-state index >= 15 is 0 Å². The molecule has 1 N–H and O–H groups in total. The molecule has 0 saturated carbocycles. The minimum atomic E-state index is -3.92. The zero-order valence-electron chi connectivity index (χ0n) is 24.7. The van der Waals surface area contributed by atoms with Crippen molar-refractivity contribution < 1.29 is 27.1 Å². The van der Waals surface area contributed by atoms with Crippen LogP contribution in [0.15, 0.2) is 109 Å². The Morgan fingerprint density at radius 1 is 0.818 bits per heavy atom. The summed E-state index contributed by atoms with van der Waals surface area (Å²) in [4.78, 5) is 29.0. The fraction of sp³-hybridized carbons (Fsp3) is 0.235. The van der Waals surface area contributed by atoms with E-state index in [9.17, 15) is 22.4 Å². The van der Waals surface area contributed by atoms with Gasteiger partial charge in [0.2, 0.25) is 21.8 Å². The highest BCUT2D eigenvalue weighted by Crippen LogP contribution is 2.26. The summed E-state index contributed by atoms with van der Waals surface area (Å²) in [6.07, 6.45) is 1.92. The number of carbonyl (C=O) groups excluding carboxylic acids is 2. The van der Waals surface area contributed by atoms with Crippen LogP contribution in [0.1, 0.15) is 24.5 Å². The van der Waals surface area contributed by atoms with Crippen molar-refractivity contribution in [2.45, 2.75) is 32.4 Å². The number of anilines is 1. The molecular formula is C34H36FN3O5S. The van der Waals surface area contributed by atoms with E-state index in [2.05, 4.69) is 5.32 Å². The first-order valence-corrected chi connectivity index (χ1v) is 16.1. The molecule has 0 radical (unpaired) electrons. The van der Waals surface area contributed by atoms with E-state index in [4.69, 9.17) is 4.74 Å². The molecular weight excluding hydrogens is 581 g/mol. The largest absolute Gasteiger partial charge is 0.457 e. The second kappa shape index (κ2) is 15.2. The lowest BCUT2D eigenvalue weighted by Crippen LogP contribution is -2.53. The van der Waals surface area contributed by atoms with Gasteiger partial charge < -0.3 is 15.0 Å². The van der Waals surface area contributed by atoms with E-state index < -0.39 is 34.3 Å². The van der Waals surface area contributed by atoms with Gasteiger partial charge in [-0.3, -0.25) is 13.9 Å². The van der Waals surface area contributed by atoms with Gasteiger partial charge in [0.15, 0.2) is 0 Å². The maximum Gasteiger partial charge on any atom is 0.244 e. The van der Waals surface area contributed by atoms with Gasteiger partial charge in [0.05, 0.1) is 11.9 Å². The van der Waals surface area contributed by atoms with Crippen LogP contribution in [-0.4, -0.2) is 50.5 Å². The van der Waals surface area contributed by atoms with Crippen LogP contribution in [0.3, 0.4) is 0 Å². The van der Waals surface area contributed by atoms with E-state index in [-0.39, 0.29) is 24.6 Å². The molecule has 0 aliphatic rings. The molecule has 8 nitrogen and oxygen atoms in total. The molecule has 0 aliphatic carbocycles. The van der Waals surface area contributed by atoms with Crippen molar-refractivity contribution in [2.75, 3.05) is 23.7 Å². The number of para-hydroxylation sites is 1. The molecule has 1 atom stereocenters. The highest BCUT2D eigenvalue weighted by Gasteiger charge is 2.33. The van der Waals surface area contributed by atoms with Crippen LogP contribution in [0.5, 0.6) is 11.5 Å². The molecule has 4 aromatic carbocycles. The molecule has 0 aliphatic heterocycles. The molecule has 4 rings (SSSR count). The van der Waals surface area contributed by atoms with Gasteiger partial charge in [0.25, 0.3) is 0 Å². The summed E-state index contributed by atoms with van der Waals surface area (Å²) < 4.78 is 46.5. The minimum absolute atomic E-state index is 0.0301. The van der Waals surface area contributed by atoms with E-state index in [1.165, 1.54) is 17.0 Å². The van der Waals surface area contributed by atoms with E-state index in [1.807, 2.05) is 55.5 Å². The van der Waals surface area contributed by atoms with Crippen LogP contribution in [-0.2, 0) is 32.6 Å². The number of amides is 2. The Hall–Kier alpha value is -4.70. The Balaban J connectivity index is 1.66. The predicted molar refractivity (Wildman–Crippen MR) is 169 cm³/mol. The third kappa shape index (κ3) is 9.15. The van der Waals surface area contributed by atoms with Crippen LogP contribution >= 0.6 is 0 Å². The number of hydrogen-bond donors (Lipinski definition) is 1. The fourth-order valence-corrected chi connectivity index (χ4v) is 5.47. The van der Waals surface area contributed by atoms with Gasteiger partial charge in [0, 0.05) is 19.5 Å². The maximum atomic E-state index is 14.1. The summed E-state index contributed by atoms with van der Waals surface area (Å²) in [7, 11) is -3.92. The number of hydrogen-bond acceptors (Lipinski definition) is 5. The monoisotopic (exact) mass is 617 g/mol. The fourth-order valence-electron chi connectivity index (χ4n) is 4.63. The molecule has 2 amide bonds. The molecule has 10 heteroatoms. The average Bonchev–Trinajstić information content (AvgIpc) is 3.02. The SMILES string of the molecule is CCCNC(=O)C(Cc1ccccc1)N(Cc1ccc(F)cc1)C(=O)CN(c1ccc(Oc2ccccc2)cc1)S(C)(=O)=O. The van der Waals surface area contributed by atoms with Gasteiger partial charge >= 0.3 is 0 Å². The van der Waals surface area contributed by atoms with Crippen LogP contribution < -0.4 is 14.4 Å². The van der Waals surface area contributed by atoms with Crippen molar-refractivity contribution in [1.29, 1.82) is 0 Å². The summed E-state index contributed by atoms with van der Waals surface area (Å²) >= 11 is 0. The van der Waals surface area contributed by atoms with Gasteiger partial charge in [0.1, 0.15) is 29.9 Å². The lowest BCUT2D eigenvalue weighted by atomic mass is 10.0. The number of carbonyl (C=O) groups is 2. The number of nitrogens with one attached hydrogen (secondary N) is 1. The smallest absolute Gasteiger partial charge is 0.244 e. The normalized spacial score (nSPS) is 11.8. The van der Waals surface area contributed by atoms with Crippen LogP contribution in [0.2, 0.25) is 0 Å². The number of ether oxygens (including phenoxy) is 1. The molecule has 4 aromatic rings. The number of halogens is 1. The first-order chi connectivity index (χ1) is 21.1. The first-order valence-electron chi connectivity index (χ1n) is 14.3. The quantitative estimate of drug-likeness (QED) is 0.200. The Labute approximate surface area is 258 Å². The van der Waals surface area contributed by atoms with Gasteiger partial charge in [-0.05, 0) is 66.1 Å². The summed E-state index contributed by atoms with van der Waals surface area (Å²) in [5.41, 5.74) is 1.68. The minimum Gasteiger partial charge on any atom is -0.457 e. The summed E-state index contributed by atoms with van der Waals surface area (Å²) in [5, 5.41) is 2.89. The van der Waals surface area contributed by atoms with Gasteiger partial charge in [-0.25, -0.2) is 12.8 Å². The standard InChI is InChI=1S/C34H36FN3O5S/c1-3-22-36-34(40)32(23-26-10-6-4-7-11-26)37(24-27-14-16-28(35)17-15-27)33(39)25-38(44(2,41)42)29-18-20-31(21-19-29)43-30-12-8-5-9-13-30/h4-21,32H,3,22-25H2,1-2H3,(H,36,40). The van der Waals surface area contributed by atoms with Crippen molar-refractivity contribution in [3.05, 3.63) is 126 Å². The molecule has 44 heavy (non-hydrogen) atoms. The molecule has 230 valence electrons. The highest BCUT2D eigenvalue weighted by atomic mass is 32.2. The molecule has 0 aromatic heterocycles. The summed E-state index contributed by atoms with van der Waals surface area (Å²) in [6, 6.07) is 29.5. The number of benzene rings is 4. The average molecular weight is 618 g/mol. The topological polar surface area (TPSA) is 96.0 Å². The lowest BCUT2D eigenvalue weighted by molar-refractivity contribution is -0.140. The van der Waals surface area contributed by atoms with Crippen molar-refractivity contribution in [3.63, 3.8) is 0 Å². The molecule has 0 spiro atoms. The van der Waals surface area contributed by atoms with Crippen molar-refractivity contribution in [3.8, 4) is 11.5 Å². The summed E-state index contributed by atoms with van der Waals surface area (Å²) in [5.74, 6) is -0.265. The van der Waals surface area contributed by atoms with Gasteiger partial charge in [-0.15, -0.1) is 0 Å². The second-order valence-electron chi connectivity index (χ2n) is 10.3. The zero-order valence-corrected chi connectivity index (χ0v) is 25.5. The lowest BCUT2D eigenvalue weighted by Gasteiger charge is -2.33. The Morgan fingerprint density at radius 2 is 1.41 bits per heavy atom. The van der Waals surface area contributed by atoms with E-state index in [0.29, 0.717) is 30.0 Å². The number of rotatable bonds is 14. The van der Waals surface area contributed by atoms with Crippen LogP contribution in [0, 0.1) is 5.82 Å². The third-order valence-corrected chi connectivity index (χ3v) is 8.01. The van der Waals surface area contributed by atoms with Gasteiger partial charge in [-0.1, -0.05) is 67.6 Å². The molecule has 0 heterocycles. The number of sulfonamides is 1. The van der Waals surface area contributed by atoms with E-state index in [1.54, 1.807) is 48.5 Å². The Morgan fingerprint density at radius 3 is 2.00 bits per heavy atom. The first kappa shape index (κ1) is 32.2. The Bertz CT molecular complexity index is 1620. The van der Waals surface area contributed by atoms with Crippen molar-refractivity contribution >= 4 is 27.5 Å². The van der Waals surface area contributed by atoms with Crippen LogP contribution in [0.25, 0.3) is 0 Å². The predicted octanol–water partition coefficient (Wildman–Crippen LogP) is 5.55. The number of nitrogens with zero attached hydrogens (tertiary/aromatic N) is 2. The molecule has 0 fully saturated rings. The third-order valence-electron chi connectivity index (χ3n) is 6.87. The van der Waals surface area contributed by atoms with Gasteiger partial charge in [-0.2, -0.15) is 0 Å². The highest BCUT2D eigenvalue weighted by molar-refractivity contribution is 7.92. The maximum absolute atomic E-state index is 14.1. The molecule has 0 saturated heterocycles. The zero-order chi connectivity index (χ0) is 31.5. The van der Waals surface area contributed by atoms with Crippen molar-refractivity contribution in [1.82, 2.24) is 10.2 Å². The van der Waals surface area contributed by atoms with E-state index in [0.717, 1.165) is 16.1 Å². The van der Waals surface area contributed by atoms with Crippen LogP contribution in [0.4, 0.5) is 10.1 Å².